The summed E-state index contributed by atoms with van der Waals surface area (Å²) < 4.78 is 18.4. The van der Waals surface area contributed by atoms with Crippen LogP contribution in [-0.2, 0) is 4.79 Å². The van der Waals surface area contributed by atoms with Crippen molar-refractivity contribution in [2.75, 3.05) is 11.1 Å². The van der Waals surface area contributed by atoms with Gasteiger partial charge in [-0.3, -0.25) is 9.59 Å². The van der Waals surface area contributed by atoms with Gasteiger partial charge in [-0.1, -0.05) is 30.0 Å². The highest BCUT2D eigenvalue weighted by Gasteiger charge is 2.07. The van der Waals surface area contributed by atoms with Crippen LogP contribution in [0.5, 0.6) is 0 Å². The first-order valence-corrected chi connectivity index (χ1v) is 9.25. The molecule has 0 spiro atoms. The first-order chi connectivity index (χ1) is 13.6. The van der Waals surface area contributed by atoms with E-state index in [2.05, 4.69) is 15.8 Å². The molecule has 2 aromatic carbocycles. The number of thioether (sulfide) groups is 1. The van der Waals surface area contributed by atoms with E-state index in [9.17, 15) is 14.0 Å². The second kappa shape index (κ2) is 9.52. The molecule has 3 rings (SSSR count). The highest BCUT2D eigenvalue weighted by molar-refractivity contribution is 7.99. The van der Waals surface area contributed by atoms with Crippen LogP contribution >= 0.6 is 11.8 Å². The predicted octanol–water partition coefficient (Wildman–Crippen LogP) is 3.91. The molecule has 0 unspecified atom stereocenters. The summed E-state index contributed by atoms with van der Waals surface area (Å²) in [7, 11) is 0. The van der Waals surface area contributed by atoms with Gasteiger partial charge in [0.25, 0.3) is 5.91 Å². The summed E-state index contributed by atoms with van der Waals surface area (Å²) >= 11 is 1.24. The fourth-order valence-corrected chi connectivity index (χ4v) is 2.82. The summed E-state index contributed by atoms with van der Waals surface area (Å²) in [6.45, 7) is 0. The minimum atomic E-state index is -0.463. The van der Waals surface area contributed by atoms with E-state index in [0.29, 0.717) is 16.4 Å². The lowest BCUT2D eigenvalue weighted by Crippen LogP contribution is -2.17. The Balaban J connectivity index is 1.45. The van der Waals surface area contributed by atoms with Crippen molar-refractivity contribution in [2.24, 2.45) is 5.10 Å². The van der Waals surface area contributed by atoms with Crippen LogP contribution in [-0.4, -0.2) is 23.8 Å². The van der Waals surface area contributed by atoms with Crippen LogP contribution in [0.3, 0.4) is 0 Å². The maximum absolute atomic E-state index is 12.8. The molecule has 28 heavy (non-hydrogen) atoms. The van der Waals surface area contributed by atoms with E-state index in [1.54, 1.807) is 12.1 Å². The second-order valence-electron chi connectivity index (χ2n) is 5.57. The maximum Gasteiger partial charge on any atom is 0.271 e. The lowest BCUT2D eigenvalue weighted by Gasteiger charge is -2.03. The van der Waals surface area contributed by atoms with E-state index in [1.165, 1.54) is 42.2 Å². The number of carbonyl (C=O) groups is 2. The maximum atomic E-state index is 12.8. The van der Waals surface area contributed by atoms with Crippen molar-refractivity contribution in [3.63, 3.8) is 0 Å². The molecule has 0 aliphatic heterocycles. The summed E-state index contributed by atoms with van der Waals surface area (Å²) in [4.78, 5) is 23.8. The van der Waals surface area contributed by atoms with Crippen molar-refractivity contribution in [3.8, 4) is 0 Å². The van der Waals surface area contributed by atoms with Crippen molar-refractivity contribution >= 4 is 35.5 Å². The van der Waals surface area contributed by atoms with E-state index < -0.39 is 11.7 Å². The number of hydrazone groups is 1. The standard InChI is InChI=1S/C20H16FN3O3S/c21-15-8-6-14(7-9-15)20(26)24-22-12-17-10-11-19(27-17)28-13-18(25)23-16-4-2-1-3-5-16/h1-12H,13H2,(H,23,25)(H,24,26)/b22-12+. The molecule has 1 heterocycles. The molecule has 0 aliphatic carbocycles. The number of hydrogen-bond acceptors (Lipinski definition) is 5. The Morgan fingerprint density at radius 1 is 1.04 bits per heavy atom. The molecule has 6 nitrogen and oxygen atoms in total. The van der Waals surface area contributed by atoms with Gasteiger partial charge in [0.1, 0.15) is 11.6 Å². The first kappa shape index (κ1) is 19.4. The van der Waals surface area contributed by atoms with Gasteiger partial charge < -0.3 is 9.73 Å². The number of furan rings is 1. The zero-order chi connectivity index (χ0) is 19.8. The van der Waals surface area contributed by atoms with Crippen molar-refractivity contribution in [1.82, 2.24) is 5.43 Å². The monoisotopic (exact) mass is 397 g/mol. The number of amides is 2. The van der Waals surface area contributed by atoms with Gasteiger partial charge in [-0.15, -0.1) is 0 Å². The van der Waals surface area contributed by atoms with Gasteiger partial charge in [0.2, 0.25) is 5.91 Å². The Morgan fingerprint density at radius 2 is 1.79 bits per heavy atom. The van der Waals surface area contributed by atoms with Gasteiger partial charge in [-0.05, 0) is 48.5 Å². The van der Waals surface area contributed by atoms with Crippen LogP contribution in [0.15, 0.2) is 81.3 Å². The number of anilines is 1. The summed E-state index contributed by atoms with van der Waals surface area (Å²) in [5.74, 6) is -0.409. The zero-order valence-electron chi connectivity index (χ0n) is 14.6. The molecule has 0 atom stereocenters. The summed E-state index contributed by atoms with van der Waals surface area (Å²) in [6.07, 6.45) is 1.34. The average molecular weight is 397 g/mol. The van der Waals surface area contributed by atoms with Crippen LogP contribution < -0.4 is 10.7 Å². The molecular formula is C20H16FN3O3S. The van der Waals surface area contributed by atoms with E-state index in [-0.39, 0.29) is 11.7 Å². The highest BCUT2D eigenvalue weighted by Crippen LogP contribution is 2.20. The van der Waals surface area contributed by atoms with Crippen molar-refractivity contribution in [3.05, 3.63) is 83.9 Å². The molecule has 3 aromatic rings. The Hall–Kier alpha value is -3.39. The van der Waals surface area contributed by atoms with Crippen molar-refractivity contribution in [2.45, 2.75) is 5.09 Å². The number of carbonyl (C=O) groups excluding carboxylic acids is 2. The summed E-state index contributed by atoms with van der Waals surface area (Å²) in [5.41, 5.74) is 3.35. The largest absolute Gasteiger partial charge is 0.449 e. The van der Waals surface area contributed by atoms with Gasteiger partial charge in [0.05, 0.1) is 12.0 Å². The average Bonchev–Trinajstić information content (AvgIpc) is 3.15. The number of benzene rings is 2. The molecule has 0 aliphatic rings. The van der Waals surface area contributed by atoms with Gasteiger partial charge in [-0.25, -0.2) is 9.82 Å². The minimum absolute atomic E-state index is 0.144. The smallest absolute Gasteiger partial charge is 0.271 e. The molecule has 2 N–H and O–H groups in total. The van der Waals surface area contributed by atoms with E-state index >= 15 is 0 Å². The van der Waals surface area contributed by atoms with E-state index in [4.69, 9.17) is 4.42 Å². The molecule has 0 fully saturated rings. The zero-order valence-corrected chi connectivity index (χ0v) is 15.4. The molecule has 0 saturated heterocycles. The Morgan fingerprint density at radius 3 is 2.54 bits per heavy atom. The SMILES string of the molecule is O=C(CSc1ccc(/C=N/NC(=O)c2ccc(F)cc2)o1)Nc1ccccc1. The number of nitrogens with zero attached hydrogens (tertiary/aromatic N) is 1. The van der Waals surface area contributed by atoms with Crippen LogP contribution in [0.25, 0.3) is 0 Å². The molecule has 0 radical (unpaired) electrons. The lowest BCUT2D eigenvalue weighted by molar-refractivity contribution is -0.113. The van der Waals surface area contributed by atoms with Gasteiger partial charge in [-0.2, -0.15) is 5.10 Å². The fraction of sp³-hybridized carbons (Fsp3) is 0.0500. The molecular weight excluding hydrogens is 381 g/mol. The van der Waals surface area contributed by atoms with Gasteiger partial charge in [0, 0.05) is 11.3 Å². The van der Waals surface area contributed by atoms with Crippen LogP contribution in [0.1, 0.15) is 16.1 Å². The van der Waals surface area contributed by atoms with Crippen molar-refractivity contribution in [1.29, 1.82) is 0 Å². The molecule has 0 bridgehead atoms. The van der Waals surface area contributed by atoms with Gasteiger partial charge >= 0.3 is 0 Å². The molecule has 2 amide bonds. The minimum Gasteiger partial charge on any atom is -0.449 e. The number of halogens is 1. The van der Waals surface area contributed by atoms with Gasteiger partial charge in [0.15, 0.2) is 5.09 Å². The third-order valence-corrected chi connectivity index (χ3v) is 4.38. The van der Waals surface area contributed by atoms with E-state index in [1.807, 2.05) is 30.3 Å². The quantitative estimate of drug-likeness (QED) is 0.360. The van der Waals surface area contributed by atoms with Crippen LogP contribution in [0, 0.1) is 5.82 Å². The lowest BCUT2D eigenvalue weighted by atomic mass is 10.2. The third kappa shape index (κ3) is 5.82. The third-order valence-electron chi connectivity index (χ3n) is 3.47. The fourth-order valence-electron chi connectivity index (χ4n) is 2.16. The molecule has 142 valence electrons. The Kier molecular flexibility index (Phi) is 6.59. The number of para-hydroxylation sites is 1. The number of hydrogen-bond donors (Lipinski definition) is 2. The predicted molar refractivity (Wildman–Crippen MR) is 106 cm³/mol. The summed E-state index contributed by atoms with van der Waals surface area (Å²) in [6, 6.07) is 17.7. The second-order valence-corrected chi connectivity index (χ2v) is 6.55. The molecule has 8 heteroatoms. The Labute approximate surface area is 164 Å². The number of rotatable bonds is 7. The highest BCUT2D eigenvalue weighted by atomic mass is 32.2. The number of nitrogens with one attached hydrogen (secondary N) is 2. The van der Waals surface area contributed by atoms with Crippen molar-refractivity contribution < 1.29 is 18.4 Å². The molecule has 0 saturated carbocycles. The summed E-state index contributed by atoms with van der Waals surface area (Å²) in [5, 5.41) is 7.14. The topological polar surface area (TPSA) is 83.7 Å². The first-order valence-electron chi connectivity index (χ1n) is 8.27. The molecule has 1 aromatic heterocycles. The normalized spacial score (nSPS) is 10.8. The van der Waals surface area contributed by atoms with E-state index in [0.717, 1.165) is 5.69 Å². The Bertz CT molecular complexity index is 972. The van der Waals surface area contributed by atoms with Crippen LogP contribution in [0.2, 0.25) is 0 Å². The van der Waals surface area contributed by atoms with Crippen LogP contribution in [0.4, 0.5) is 10.1 Å².